The molecule has 0 bridgehead atoms. The molecule has 8 nitrogen and oxygen atoms in total. The van der Waals surface area contributed by atoms with E-state index in [1.165, 1.54) is 12.3 Å². The summed E-state index contributed by atoms with van der Waals surface area (Å²) < 4.78 is 5.32. The number of pyridine rings is 1. The van der Waals surface area contributed by atoms with Gasteiger partial charge in [-0.3, -0.25) is 0 Å². The standard InChI is InChI=1S/C14H15N7O/c15-7-9-5-12(16)18-8-10(9)11-6-13(17)20-14(19-11)21-1-3-22-4-2-21/h5-6,8H,1-4H2,(H2,16,18)(H2,17,19,20). The van der Waals surface area contributed by atoms with Crippen molar-refractivity contribution in [3.63, 3.8) is 0 Å². The Hall–Kier alpha value is -2.92. The van der Waals surface area contributed by atoms with E-state index in [2.05, 4.69) is 21.0 Å². The predicted octanol–water partition coefficient (Wildman–Crippen LogP) is 0.411. The van der Waals surface area contributed by atoms with Crippen molar-refractivity contribution in [1.82, 2.24) is 15.0 Å². The second-order valence-corrected chi connectivity index (χ2v) is 4.84. The van der Waals surface area contributed by atoms with Gasteiger partial charge in [0.25, 0.3) is 0 Å². The highest BCUT2D eigenvalue weighted by atomic mass is 16.5. The molecule has 3 heterocycles. The van der Waals surface area contributed by atoms with Gasteiger partial charge in [0.15, 0.2) is 0 Å². The van der Waals surface area contributed by atoms with Crippen molar-refractivity contribution in [1.29, 1.82) is 5.26 Å². The molecule has 4 N–H and O–H groups in total. The van der Waals surface area contributed by atoms with Crippen LogP contribution in [0.1, 0.15) is 5.56 Å². The molecule has 0 saturated carbocycles. The molecule has 1 aliphatic rings. The molecule has 112 valence electrons. The molecular formula is C14H15N7O. The Balaban J connectivity index is 2.04. The number of hydrogen-bond donors (Lipinski definition) is 2. The summed E-state index contributed by atoms with van der Waals surface area (Å²) in [6, 6.07) is 5.24. The van der Waals surface area contributed by atoms with Gasteiger partial charge in [0.1, 0.15) is 17.7 Å². The summed E-state index contributed by atoms with van der Waals surface area (Å²) in [6.45, 7) is 2.66. The maximum Gasteiger partial charge on any atom is 0.228 e. The van der Waals surface area contributed by atoms with E-state index in [0.29, 0.717) is 54.9 Å². The van der Waals surface area contributed by atoms with Crippen molar-refractivity contribution >= 4 is 17.6 Å². The number of rotatable bonds is 2. The highest BCUT2D eigenvalue weighted by Crippen LogP contribution is 2.25. The number of aromatic nitrogens is 3. The van der Waals surface area contributed by atoms with E-state index in [-0.39, 0.29) is 5.82 Å². The molecule has 22 heavy (non-hydrogen) atoms. The topological polar surface area (TPSA) is 127 Å². The SMILES string of the molecule is N#Cc1cc(N)ncc1-c1cc(N)nc(N2CCOCC2)n1. The summed E-state index contributed by atoms with van der Waals surface area (Å²) in [5.41, 5.74) is 13.0. The van der Waals surface area contributed by atoms with Gasteiger partial charge in [-0.25, -0.2) is 9.97 Å². The van der Waals surface area contributed by atoms with Gasteiger partial charge >= 0.3 is 0 Å². The van der Waals surface area contributed by atoms with Gasteiger partial charge in [-0.05, 0) is 6.07 Å². The van der Waals surface area contributed by atoms with Crippen LogP contribution in [0.3, 0.4) is 0 Å². The third kappa shape index (κ3) is 2.75. The molecule has 0 amide bonds. The maximum atomic E-state index is 9.26. The first kappa shape index (κ1) is 14.0. The van der Waals surface area contributed by atoms with E-state index in [4.69, 9.17) is 16.2 Å². The van der Waals surface area contributed by atoms with Gasteiger partial charge in [-0.1, -0.05) is 0 Å². The first-order valence-electron chi connectivity index (χ1n) is 6.80. The average molecular weight is 297 g/mol. The molecule has 2 aromatic heterocycles. The van der Waals surface area contributed by atoms with Gasteiger partial charge in [0.2, 0.25) is 5.95 Å². The number of nitrogens with zero attached hydrogens (tertiary/aromatic N) is 5. The number of ether oxygens (including phenoxy) is 1. The van der Waals surface area contributed by atoms with Gasteiger partial charge in [0.05, 0.1) is 24.5 Å². The Morgan fingerprint density at radius 2 is 1.91 bits per heavy atom. The smallest absolute Gasteiger partial charge is 0.228 e. The number of nitrogen functional groups attached to an aromatic ring is 2. The van der Waals surface area contributed by atoms with Crippen molar-refractivity contribution in [3.05, 3.63) is 23.9 Å². The van der Waals surface area contributed by atoms with Gasteiger partial charge in [-0.2, -0.15) is 10.2 Å². The minimum absolute atomic E-state index is 0.288. The molecule has 1 saturated heterocycles. The second-order valence-electron chi connectivity index (χ2n) is 4.84. The lowest BCUT2D eigenvalue weighted by Crippen LogP contribution is -2.37. The molecule has 0 radical (unpaired) electrons. The Kier molecular flexibility index (Phi) is 3.72. The summed E-state index contributed by atoms with van der Waals surface area (Å²) in [5, 5.41) is 9.26. The molecule has 0 aliphatic carbocycles. The largest absolute Gasteiger partial charge is 0.384 e. The highest BCUT2D eigenvalue weighted by Gasteiger charge is 2.17. The Bertz CT molecular complexity index is 734. The van der Waals surface area contributed by atoms with Gasteiger partial charge in [0, 0.05) is 30.9 Å². The molecule has 1 fully saturated rings. The van der Waals surface area contributed by atoms with E-state index >= 15 is 0 Å². The van der Waals surface area contributed by atoms with Crippen LogP contribution in [-0.4, -0.2) is 41.3 Å². The van der Waals surface area contributed by atoms with Crippen LogP contribution in [0.25, 0.3) is 11.3 Å². The average Bonchev–Trinajstić information content (AvgIpc) is 2.55. The molecule has 3 rings (SSSR count). The first-order chi connectivity index (χ1) is 10.7. The van der Waals surface area contributed by atoms with E-state index < -0.39 is 0 Å². The monoisotopic (exact) mass is 297 g/mol. The number of nitriles is 1. The third-order valence-electron chi connectivity index (χ3n) is 3.35. The summed E-state index contributed by atoms with van der Waals surface area (Å²) in [7, 11) is 0. The van der Waals surface area contributed by atoms with Crippen molar-refractivity contribution in [2.75, 3.05) is 42.7 Å². The maximum absolute atomic E-state index is 9.26. The number of anilines is 3. The van der Waals surface area contributed by atoms with E-state index in [9.17, 15) is 5.26 Å². The molecule has 8 heteroatoms. The zero-order valence-corrected chi connectivity index (χ0v) is 11.9. The van der Waals surface area contributed by atoms with Gasteiger partial charge < -0.3 is 21.1 Å². The van der Waals surface area contributed by atoms with Crippen LogP contribution >= 0.6 is 0 Å². The first-order valence-corrected chi connectivity index (χ1v) is 6.80. The zero-order chi connectivity index (χ0) is 15.5. The minimum atomic E-state index is 0.288. The van der Waals surface area contributed by atoms with Crippen molar-refractivity contribution in [3.8, 4) is 17.3 Å². The summed E-state index contributed by atoms with van der Waals surface area (Å²) in [6.07, 6.45) is 1.53. The molecule has 0 atom stereocenters. The highest BCUT2D eigenvalue weighted by molar-refractivity contribution is 5.70. The number of morpholine rings is 1. The lowest BCUT2D eigenvalue weighted by molar-refractivity contribution is 0.122. The summed E-state index contributed by atoms with van der Waals surface area (Å²) in [5.74, 6) is 1.15. The fourth-order valence-corrected chi connectivity index (χ4v) is 2.26. The Labute approximate surface area is 127 Å². The van der Waals surface area contributed by atoms with Crippen LogP contribution in [0.2, 0.25) is 0 Å². The van der Waals surface area contributed by atoms with E-state index in [1.54, 1.807) is 6.07 Å². The van der Waals surface area contributed by atoms with Crippen LogP contribution in [-0.2, 0) is 4.74 Å². The molecule has 2 aromatic rings. The fourth-order valence-electron chi connectivity index (χ4n) is 2.26. The normalized spacial score (nSPS) is 14.6. The summed E-state index contributed by atoms with van der Waals surface area (Å²) in [4.78, 5) is 14.8. The van der Waals surface area contributed by atoms with Crippen LogP contribution in [0.5, 0.6) is 0 Å². The van der Waals surface area contributed by atoms with Crippen LogP contribution in [0, 0.1) is 11.3 Å². The minimum Gasteiger partial charge on any atom is -0.384 e. The van der Waals surface area contributed by atoms with E-state index in [0.717, 1.165) is 0 Å². The lowest BCUT2D eigenvalue weighted by atomic mass is 10.1. The number of nitrogens with two attached hydrogens (primary N) is 2. The van der Waals surface area contributed by atoms with Crippen molar-refractivity contribution in [2.24, 2.45) is 0 Å². The van der Waals surface area contributed by atoms with Crippen LogP contribution in [0.15, 0.2) is 18.3 Å². The molecule has 0 spiro atoms. The Morgan fingerprint density at radius 1 is 1.14 bits per heavy atom. The quantitative estimate of drug-likeness (QED) is 0.816. The Morgan fingerprint density at radius 3 is 2.64 bits per heavy atom. The second kappa shape index (κ2) is 5.83. The predicted molar refractivity (Wildman–Crippen MR) is 81.8 cm³/mol. The zero-order valence-electron chi connectivity index (χ0n) is 11.9. The van der Waals surface area contributed by atoms with Crippen LogP contribution in [0.4, 0.5) is 17.6 Å². The summed E-state index contributed by atoms with van der Waals surface area (Å²) >= 11 is 0. The lowest BCUT2D eigenvalue weighted by Gasteiger charge is -2.27. The third-order valence-corrected chi connectivity index (χ3v) is 3.35. The van der Waals surface area contributed by atoms with Crippen molar-refractivity contribution in [2.45, 2.75) is 0 Å². The van der Waals surface area contributed by atoms with E-state index in [1.807, 2.05) is 4.90 Å². The van der Waals surface area contributed by atoms with Gasteiger partial charge in [-0.15, -0.1) is 0 Å². The molecule has 0 aromatic carbocycles. The van der Waals surface area contributed by atoms with Crippen LogP contribution < -0.4 is 16.4 Å². The fraction of sp³-hybridized carbons (Fsp3) is 0.286. The van der Waals surface area contributed by atoms with Crippen molar-refractivity contribution < 1.29 is 4.74 Å². The molecule has 1 aliphatic heterocycles. The molecule has 0 unspecified atom stereocenters. The number of hydrogen-bond acceptors (Lipinski definition) is 8. The molecular weight excluding hydrogens is 282 g/mol.